The first kappa shape index (κ1) is 17.4. The van der Waals surface area contributed by atoms with Crippen LogP contribution in [0.4, 0.5) is 0 Å². The van der Waals surface area contributed by atoms with Crippen LogP contribution < -0.4 is 5.32 Å². The molecule has 0 fully saturated rings. The monoisotopic (exact) mass is 349 g/mol. The zero-order valence-electron chi connectivity index (χ0n) is 13.9. The molecule has 0 radical (unpaired) electrons. The van der Waals surface area contributed by atoms with Gasteiger partial charge >= 0.3 is 0 Å². The van der Waals surface area contributed by atoms with Crippen molar-refractivity contribution < 1.29 is 4.79 Å². The number of hydrogen-bond donors (Lipinski definition) is 1. The third-order valence-electron chi connectivity index (χ3n) is 4.13. The lowest BCUT2D eigenvalue weighted by Gasteiger charge is -2.18. The van der Waals surface area contributed by atoms with E-state index in [1.165, 1.54) is 5.56 Å². The van der Waals surface area contributed by atoms with Crippen molar-refractivity contribution >= 4 is 17.4 Å². The summed E-state index contributed by atoms with van der Waals surface area (Å²) in [6.45, 7) is 0.708. The molecule has 0 bridgehead atoms. The zero-order valence-corrected chi connectivity index (χ0v) is 14.6. The van der Waals surface area contributed by atoms with Crippen molar-refractivity contribution in [3.05, 3.63) is 107 Å². The van der Waals surface area contributed by atoms with Crippen LogP contribution in [-0.2, 0) is 6.42 Å². The third kappa shape index (κ3) is 4.79. The molecule has 3 heteroatoms. The minimum atomic E-state index is -0.351. The van der Waals surface area contributed by atoms with Crippen molar-refractivity contribution in [2.24, 2.45) is 0 Å². The van der Waals surface area contributed by atoms with Crippen molar-refractivity contribution in [3.63, 3.8) is 0 Å². The van der Waals surface area contributed by atoms with Gasteiger partial charge in [-0.05, 0) is 29.7 Å². The highest BCUT2D eigenvalue weighted by molar-refractivity contribution is 6.30. The number of ketones is 1. The fourth-order valence-corrected chi connectivity index (χ4v) is 2.91. The normalized spacial score (nSPS) is 11.9. The molecule has 2 nitrogen and oxygen atoms in total. The summed E-state index contributed by atoms with van der Waals surface area (Å²) in [5, 5.41) is 4.15. The molecule has 126 valence electrons. The van der Waals surface area contributed by atoms with E-state index in [-0.39, 0.29) is 11.8 Å². The Hall–Kier alpha value is -2.42. The first-order chi connectivity index (χ1) is 12.2. The molecule has 0 aliphatic heterocycles. The van der Waals surface area contributed by atoms with Gasteiger partial charge in [-0.1, -0.05) is 84.4 Å². The second-order valence-corrected chi connectivity index (χ2v) is 6.34. The largest absolute Gasteiger partial charge is 0.303 e. The Morgan fingerprint density at radius 3 is 2.08 bits per heavy atom. The molecule has 3 aromatic carbocycles. The Bertz CT molecular complexity index is 800. The smallest absolute Gasteiger partial charge is 0.184 e. The van der Waals surface area contributed by atoms with Gasteiger partial charge in [-0.2, -0.15) is 0 Å². The summed E-state index contributed by atoms with van der Waals surface area (Å²) < 4.78 is 0. The van der Waals surface area contributed by atoms with Crippen molar-refractivity contribution in [3.8, 4) is 0 Å². The molecule has 0 aliphatic rings. The lowest BCUT2D eigenvalue weighted by molar-refractivity contribution is 0.0943. The fraction of sp³-hybridized carbons (Fsp3) is 0.136. The summed E-state index contributed by atoms with van der Waals surface area (Å²) in [5.74, 6) is 0.0860. The Kier molecular flexibility index (Phi) is 5.99. The molecular weight excluding hydrogens is 330 g/mol. The molecule has 0 heterocycles. The SMILES string of the molecule is O=C(c1ccccc1)C(NCCc1ccc(Cl)cc1)c1ccccc1. The molecule has 0 saturated carbocycles. The minimum absolute atomic E-state index is 0.0860. The van der Waals surface area contributed by atoms with Gasteiger partial charge in [-0.3, -0.25) is 4.79 Å². The summed E-state index contributed by atoms with van der Waals surface area (Å²) >= 11 is 5.93. The number of benzene rings is 3. The first-order valence-electron chi connectivity index (χ1n) is 8.36. The maximum atomic E-state index is 13.0. The van der Waals surface area contributed by atoms with Gasteiger partial charge in [-0.25, -0.2) is 0 Å². The molecule has 1 unspecified atom stereocenters. The summed E-state index contributed by atoms with van der Waals surface area (Å²) in [7, 11) is 0. The van der Waals surface area contributed by atoms with Crippen LogP contribution in [0.5, 0.6) is 0 Å². The van der Waals surface area contributed by atoms with Gasteiger partial charge in [0, 0.05) is 17.1 Å². The summed E-state index contributed by atoms with van der Waals surface area (Å²) in [6, 6.07) is 26.7. The van der Waals surface area contributed by atoms with E-state index in [2.05, 4.69) is 5.32 Å². The second kappa shape index (κ2) is 8.61. The molecule has 0 spiro atoms. The van der Waals surface area contributed by atoms with E-state index in [1.54, 1.807) is 0 Å². The van der Waals surface area contributed by atoms with E-state index in [0.717, 1.165) is 22.6 Å². The van der Waals surface area contributed by atoms with Gasteiger partial charge < -0.3 is 5.32 Å². The molecule has 0 amide bonds. The molecule has 3 aromatic rings. The number of rotatable bonds is 7. The van der Waals surface area contributed by atoms with E-state index < -0.39 is 0 Å². The first-order valence-corrected chi connectivity index (χ1v) is 8.74. The molecule has 1 N–H and O–H groups in total. The van der Waals surface area contributed by atoms with Crippen LogP contribution in [0, 0.1) is 0 Å². The maximum Gasteiger partial charge on any atom is 0.184 e. The van der Waals surface area contributed by atoms with E-state index in [4.69, 9.17) is 11.6 Å². The molecule has 3 rings (SSSR count). The van der Waals surface area contributed by atoms with Crippen LogP contribution >= 0.6 is 11.6 Å². The molecule has 25 heavy (non-hydrogen) atoms. The Labute approximate surface area is 153 Å². The van der Waals surface area contributed by atoms with Crippen molar-refractivity contribution in [1.29, 1.82) is 0 Å². The average Bonchev–Trinajstić information content (AvgIpc) is 2.67. The Morgan fingerprint density at radius 1 is 0.840 bits per heavy atom. The quantitative estimate of drug-likeness (QED) is 0.601. The summed E-state index contributed by atoms with van der Waals surface area (Å²) in [6.07, 6.45) is 0.836. The highest BCUT2D eigenvalue weighted by atomic mass is 35.5. The predicted molar refractivity (Wildman–Crippen MR) is 103 cm³/mol. The topological polar surface area (TPSA) is 29.1 Å². The Balaban J connectivity index is 1.73. The van der Waals surface area contributed by atoms with Crippen LogP contribution in [0.2, 0.25) is 5.02 Å². The van der Waals surface area contributed by atoms with E-state index in [0.29, 0.717) is 6.54 Å². The van der Waals surface area contributed by atoms with Crippen LogP contribution in [0.1, 0.15) is 27.5 Å². The van der Waals surface area contributed by atoms with Crippen LogP contribution in [0.15, 0.2) is 84.9 Å². The van der Waals surface area contributed by atoms with Crippen molar-refractivity contribution in [2.45, 2.75) is 12.5 Å². The number of nitrogens with one attached hydrogen (secondary N) is 1. The highest BCUT2D eigenvalue weighted by Gasteiger charge is 2.21. The predicted octanol–water partition coefficient (Wildman–Crippen LogP) is 5.10. The number of Topliss-reactive ketones (excluding diaryl/α,β-unsaturated/α-hetero) is 1. The van der Waals surface area contributed by atoms with E-state index >= 15 is 0 Å². The molecule has 1 atom stereocenters. The zero-order chi connectivity index (χ0) is 17.5. The molecular formula is C22H20ClNO. The van der Waals surface area contributed by atoms with Gasteiger partial charge in [0.25, 0.3) is 0 Å². The second-order valence-electron chi connectivity index (χ2n) is 5.90. The van der Waals surface area contributed by atoms with Crippen LogP contribution in [0.25, 0.3) is 0 Å². The van der Waals surface area contributed by atoms with Gasteiger partial charge in [0.15, 0.2) is 5.78 Å². The van der Waals surface area contributed by atoms with E-state index in [9.17, 15) is 4.79 Å². The summed E-state index contributed by atoms with van der Waals surface area (Å²) in [5.41, 5.74) is 2.89. The molecule has 0 aromatic heterocycles. The lowest BCUT2D eigenvalue weighted by atomic mass is 9.97. The average molecular weight is 350 g/mol. The Morgan fingerprint density at radius 2 is 1.44 bits per heavy atom. The highest BCUT2D eigenvalue weighted by Crippen LogP contribution is 2.19. The van der Waals surface area contributed by atoms with Gasteiger partial charge in [0.05, 0.1) is 6.04 Å². The fourth-order valence-electron chi connectivity index (χ4n) is 2.79. The van der Waals surface area contributed by atoms with E-state index in [1.807, 2.05) is 84.9 Å². The van der Waals surface area contributed by atoms with Crippen molar-refractivity contribution in [1.82, 2.24) is 5.32 Å². The number of carbonyl (C=O) groups is 1. The standard InChI is InChI=1S/C22H20ClNO/c23-20-13-11-17(12-14-20)15-16-24-21(18-7-3-1-4-8-18)22(25)19-9-5-2-6-10-19/h1-14,21,24H,15-16H2. The van der Waals surface area contributed by atoms with Gasteiger partial charge in [-0.15, -0.1) is 0 Å². The molecule has 0 saturated heterocycles. The summed E-state index contributed by atoms with van der Waals surface area (Å²) in [4.78, 5) is 13.0. The number of halogens is 1. The molecule has 0 aliphatic carbocycles. The van der Waals surface area contributed by atoms with Gasteiger partial charge in [0.2, 0.25) is 0 Å². The van der Waals surface area contributed by atoms with Gasteiger partial charge in [0.1, 0.15) is 0 Å². The maximum absolute atomic E-state index is 13.0. The van der Waals surface area contributed by atoms with Crippen molar-refractivity contribution in [2.75, 3.05) is 6.54 Å². The van der Waals surface area contributed by atoms with Crippen LogP contribution in [0.3, 0.4) is 0 Å². The lowest BCUT2D eigenvalue weighted by Crippen LogP contribution is -2.30. The minimum Gasteiger partial charge on any atom is -0.303 e. The third-order valence-corrected chi connectivity index (χ3v) is 4.38. The number of hydrogen-bond acceptors (Lipinski definition) is 2. The number of carbonyl (C=O) groups excluding carboxylic acids is 1. The van der Waals surface area contributed by atoms with Crippen LogP contribution in [-0.4, -0.2) is 12.3 Å².